The van der Waals surface area contributed by atoms with E-state index in [0.29, 0.717) is 11.3 Å². The molecule has 1 amide bonds. The first-order valence-corrected chi connectivity index (χ1v) is 5.74. The van der Waals surface area contributed by atoms with Gasteiger partial charge >= 0.3 is 0 Å². The van der Waals surface area contributed by atoms with Gasteiger partial charge in [-0.05, 0) is 35.0 Å². The molecule has 0 radical (unpaired) electrons. The molecule has 0 aliphatic carbocycles. The van der Waals surface area contributed by atoms with Crippen molar-refractivity contribution in [2.45, 2.75) is 6.92 Å². The van der Waals surface area contributed by atoms with E-state index < -0.39 is 11.7 Å². The van der Waals surface area contributed by atoms with Gasteiger partial charge in [0.2, 0.25) is 0 Å². The molecule has 0 unspecified atom stereocenters. The van der Waals surface area contributed by atoms with Gasteiger partial charge in [0, 0.05) is 18.1 Å². The van der Waals surface area contributed by atoms with Gasteiger partial charge in [-0.15, -0.1) is 0 Å². The van der Waals surface area contributed by atoms with E-state index in [9.17, 15) is 9.59 Å². The largest absolute Gasteiger partial charge is 0.374 e. The topological polar surface area (TPSA) is 49.4 Å². The maximum atomic E-state index is 11.5. The maximum absolute atomic E-state index is 11.5. The van der Waals surface area contributed by atoms with Crippen molar-refractivity contribution < 1.29 is 9.59 Å². The number of Topliss-reactive ketones (excluding diaryl/α,β-unsaturated/α-hetero) is 1. The Balaban J connectivity index is 2.52. The highest BCUT2D eigenvalue weighted by molar-refractivity contribution is 9.10. The molecular weight excluding hydrogens is 272 g/mol. The number of anilines is 2. The molecular formula is C11H11BrN2O2. The molecule has 0 fully saturated rings. The van der Waals surface area contributed by atoms with Crippen molar-refractivity contribution in [2.75, 3.05) is 23.8 Å². The van der Waals surface area contributed by atoms with Crippen LogP contribution in [0, 0.1) is 0 Å². The second kappa shape index (κ2) is 3.90. The molecule has 1 aromatic rings. The van der Waals surface area contributed by atoms with Crippen molar-refractivity contribution in [3.05, 3.63) is 22.2 Å². The van der Waals surface area contributed by atoms with Crippen molar-refractivity contribution in [3.8, 4) is 0 Å². The molecule has 0 spiro atoms. The highest BCUT2D eigenvalue weighted by atomic mass is 79.9. The zero-order valence-corrected chi connectivity index (χ0v) is 10.6. The summed E-state index contributed by atoms with van der Waals surface area (Å²) in [5.41, 5.74) is 1.98. The van der Waals surface area contributed by atoms with Crippen molar-refractivity contribution >= 4 is 39.0 Å². The number of nitrogens with one attached hydrogen (secondary N) is 1. The van der Waals surface area contributed by atoms with Gasteiger partial charge in [-0.25, -0.2) is 0 Å². The lowest BCUT2D eigenvalue weighted by atomic mass is 10.1. The van der Waals surface area contributed by atoms with Gasteiger partial charge in [-0.1, -0.05) is 0 Å². The third kappa shape index (κ3) is 1.61. The van der Waals surface area contributed by atoms with E-state index in [1.54, 1.807) is 6.07 Å². The molecule has 84 valence electrons. The van der Waals surface area contributed by atoms with Crippen LogP contribution in [0.4, 0.5) is 11.4 Å². The van der Waals surface area contributed by atoms with Gasteiger partial charge < -0.3 is 10.2 Å². The smallest absolute Gasteiger partial charge is 0.296 e. The third-order valence-electron chi connectivity index (χ3n) is 2.67. The first kappa shape index (κ1) is 11.1. The van der Waals surface area contributed by atoms with Gasteiger partial charge in [0.15, 0.2) is 0 Å². The molecule has 1 heterocycles. The minimum absolute atomic E-state index is 0.435. The number of carbonyl (C=O) groups is 2. The minimum Gasteiger partial charge on any atom is -0.374 e. The number of fused-ring (bicyclic) bond motifs is 1. The number of rotatable bonds is 2. The van der Waals surface area contributed by atoms with Crippen LogP contribution >= 0.6 is 15.9 Å². The van der Waals surface area contributed by atoms with E-state index in [4.69, 9.17) is 0 Å². The molecule has 1 N–H and O–H groups in total. The highest BCUT2D eigenvalue weighted by Gasteiger charge is 2.29. The fraction of sp³-hybridized carbons (Fsp3) is 0.273. The summed E-state index contributed by atoms with van der Waals surface area (Å²) in [5.74, 6) is -1.03. The van der Waals surface area contributed by atoms with E-state index in [1.165, 1.54) is 0 Å². The minimum atomic E-state index is -0.557. The van der Waals surface area contributed by atoms with E-state index in [2.05, 4.69) is 21.2 Å². The Bertz CT molecular complexity index is 485. The van der Waals surface area contributed by atoms with Gasteiger partial charge in [-0.2, -0.15) is 0 Å². The average molecular weight is 283 g/mol. The van der Waals surface area contributed by atoms with Crippen molar-refractivity contribution in [2.24, 2.45) is 0 Å². The van der Waals surface area contributed by atoms with Crippen LogP contribution in [0.15, 0.2) is 16.6 Å². The standard InChI is InChI=1S/C11H11BrN2O2/c1-3-14(2)9-5-8-6(4-7(9)12)10(15)11(16)13-8/h4-5H,3H2,1-2H3,(H,13,15,16). The molecule has 0 aromatic heterocycles. The summed E-state index contributed by atoms with van der Waals surface area (Å²) in [5, 5.41) is 2.56. The average Bonchev–Trinajstić information content (AvgIpc) is 2.53. The Kier molecular flexibility index (Phi) is 2.71. The van der Waals surface area contributed by atoms with Crippen molar-refractivity contribution in [3.63, 3.8) is 0 Å². The van der Waals surface area contributed by atoms with Crippen LogP contribution in [0.5, 0.6) is 0 Å². The van der Waals surface area contributed by atoms with Crippen LogP contribution in [0.1, 0.15) is 17.3 Å². The van der Waals surface area contributed by atoms with E-state index in [-0.39, 0.29) is 0 Å². The molecule has 1 aliphatic rings. The third-order valence-corrected chi connectivity index (χ3v) is 3.31. The monoisotopic (exact) mass is 282 g/mol. The SMILES string of the molecule is CCN(C)c1cc2c(cc1Br)C(=O)C(=O)N2. The Labute approximate surface area is 102 Å². The molecule has 5 heteroatoms. The van der Waals surface area contributed by atoms with Crippen LogP contribution in [0.25, 0.3) is 0 Å². The Morgan fingerprint density at radius 1 is 1.38 bits per heavy atom. The summed E-state index contributed by atoms with van der Waals surface area (Å²) >= 11 is 3.41. The molecule has 16 heavy (non-hydrogen) atoms. The summed E-state index contributed by atoms with van der Waals surface area (Å²) in [6, 6.07) is 3.50. The van der Waals surface area contributed by atoms with Crippen molar-refractivity contribution in [1.82, 2.24) is 0 Å². The zero-order valence-electron chi connectivity index (χ0n) is 9.00. The Morgan fingerprint density at radius 2 is 2.06 bits per heavy atom. The molecule has 1 aromatic carbocycles. The Hall–Kier alpha value is -1.36. The van der Waals surface area contributed by atoms with Gasteiger partial charge in [0.1, 0.15) is 0 Å². The molecule has 0 saturated carbocycles. The van der Waals surface area contributed by atoms with E-state index in [1.807, 2.05) is 24.9 Å². The van der Waals surface area contributed by atoms with Gasteiger partial charge in [0.25, 0.3) is 11.7 Å². The summed E-state index contributed by atoms with van der Waals surface area (Å²) < 4.78 is 0.820. The van der Waals surface area contributed by atoms with Crippen LogP contribution in [-0.4, -0.2) is 25.3 Å². The summed E-state index contributed by atoms with van der Waals surface area (Å²) in [6.07, 6.45) is 0. The van der Waals surface area contributed by atoms with Crippen LogP contribution in [0.2, 0.25) is 0 Å². The number of ketones is 1. The summed E-state index contributed by atoms with van der Waals surface area (Å²) in [7, 11) is 1.95. The molecule has 0 bridgehead atoms. The number of hydrogen-bond donors (Lipinski definition) is 1. The van der Waals surface area contributed by atoms with E-state index >= 15 is 0 Å². The first-order chi connectivity index (χ1) is 7.54. The number of amides is 1. The maximum Gasteiger partial charge on any atom is 0.296 e. The first-order valence-electron chi connectivity index (χ1n) is 4.95. The molecule has 1 aliphatic heterocycles. The van der Waals surface area contributed by atoms with Crippen molar-refractivity contribution in [1.29, 1.82) is 0 Å². The predicted octanol–water partition coefficient (Wildman–Crippen LogP) is 2.04. The highest BCUT2D eigenvalue weighted by Crippen LogP contribution is 2.34. The number of halogens is 1. The fourth-order valence-electron chi connectivity index (χ4n) is 1.62. The zero-order chi connectivity index (χ0) is 11.9. The quantitative estimate of drug-likeness (QED) is 0.845. The number of carbonyl (C=O) groups excluding carboxylic acids is 2. The Morgan fingerprint density at radius 3 is 2.69 bits per heavy atom. The van der Waals surface area contributed by atoms with Crippen LogP contribution < -0.4 is 10.2 Å². The lowest BCUT2D eigenvalue weighted by Crippen LogP contribution is -2.16. The predicted molar refractivity (Wildman–Crippen MR) is 66.0 cm³/mol. The number of benzene rings is 1. The molecule has 0 saturated heterocycles. The van der Waals surface area contributed by atoms with Gasteiger partial charge in [-0.3, -0.25) is 9.59 Å². The second-order valence-electron chi connectivity index (χ2n) is 3.65. The van der Waals surface area contributed by atoms with E-state index in [0.717, 1.165) is 16.7 Å². The lowest BCUT2D eigenvalue weighted by molar-refractivity contribution is -0.112. The molecule has 2 rings (SSSR count). The summed E-state index contributed by atoms with van der Waals surface area (Å²) in [4.78, 5) is 24.7. The normalized spacial score (nSPS) is 13.7. The van der Waals surface area contributed by atoms with Crippen LogP contribution in [0.3, 0.4) is 0 Å². The summed E-state index contributed by atoms with van der Waals surface area (Å²) in [6.45, 7) is 2.88. The molecule has 0 atom stereocenters. The lowest BCUT2D eigenvalue weighted by Gasteiger charge is -2.19. The van der Waals surface area contributed by atoms with Crippen LogP contribution in [-0.2, 0) is 4.79 Å². The fourth-order valence-corrected chi connectivity index (χ4v) is 2.26. The molecule has 4 nitrogen and oxygen atoms in total. The number of hydrogen-bond acceptors (Lipinski definition) is 3. The second-order valence-corrected chi connectivity index (χ2v) is 4.50. The number of nitrogens with zero attached hydrogens (tertiary/aromatic N) is 1. The van der Waals surface area contributed by atoms with Gasteiger partial charge in [0.05, 0.1) is 16.9 Å².